The molecule has 0 radical (unpaired) electrons. The second-order valence-electron chi connectivity index (χ2n) is 6.96. The summed E-state index contributed by atoms with van der Waals surface area (Å²) in [6.07, 6.45) is 1.55. The molecule has 0 fully saturated rings. The molecule has 27 heavy (non-hydrogen) atoms. The highest BCUT2D eigenvalue weighted by Gasteiger charge is 2.17. The van der Waals surface area contributed by atoms with Crippen molar-refractivity contribution in [1.29, 1.82) is 0 Å². The van der Waals surface area contributed by atoms with Gasteiger partial charge in [-0.1, -0.05) is 0 Å². The second-order valence-corrected chi connectivity index (χ2v) is 6.96. The Labute approximate surface area is 156 Å². The number of anilines is 3. The smallest absolute Gasteiger partial charge is 0.338 e. The number of esters is 1. The molecule has 0 saturated heterocycles. The van der Waals surface area contributed by atoms with Gasteiger partial charge in [0.25, 0.3) is 0 Å². The van der Waals surface area contributed by atoms with Crippen LogP contribution in [0.2, 0.25) is 0 Å². The van der Waals surface area contributed by atoms with Crippen molar-refractivity contribution in [2.45, 2.75) is 26.4 Å². The molecular formula is C18H23N7O2. The van der Waals surface area contributed by atoms with Gasteiger partial charge in [0.05, 0.1) is 11.9 Å². The highest BCUT2D eigenvalue weighted by atomic mass is 16.6. The van der Waals surface area contributed by atoms with E-state index >= 15 is 0 Å². The number of H-pyrrole nitrogens is 1. The average Bonchev–Trinajstić information content (AvgIpc) is 3.06. The minimum atomic E-state index is -0.510. The topological polar surface area (TPSA) is 131 Å². The first-order chi connectivity index (χ1) is 12.8. The summed E-state index contributed by atoms with van der Waals surface area (Å²) >= 11 is 0. The number of imidazole rings is 1. The molecule has 9 nitrogen and oxygen atoms in total. The number of ether oxygens (including phenoxy) is 1. The van der Waals surface area contributed by atoms with Crippen LogP contribution >= 0.6 is 0 Å². The third kappa shape index (κ3) is 4.84. The number of nitrogens with zero attached hydrogens (tertiary/aromatic N) is 3. The SMILES string of the molecule is CC(C)(C)OC(=O)c1ccc(NCCNc2nc(N)nc3nc[nH]c23)cc1. The van der Waals surface area contributed by atoms with Crippen molar-refractivity contribution in [2.75, 3.05) is 29.5 Å². The van der Waals surface area contributed by atoms with Gasteiger partial charge < -0.3 is 26.1 Å². The van der Waals surface area contributed by atoms with Gasteiger partial charge in [0.1, 0.15) is 11.1 Å². The fraction of sp³-hybridized carbons (Fsp3) is 0.333. The first-order valence-electron chi connectivity index (χ1n) is 8.59. The van der Waals surface area contributed by atoms with Gasteiger partial charge in [-0.25, -0.2) is 9.78 Å². The molecule has 1 aromatic carbocycles. The maximum Gasteiger partial charge on any atom is 0.338 e. The van der Waals surface area contributed by atoms with Crippen LogP contribution < -0.4 is 16.4 Å². The number of rotatable bonds is 6. The first kappa shape index (κ1) is 18.4. The molecule has 9 heteroatoms. The Kier molecular flexibility index (Phi) is 5.11. The van der Waals surface area contributed by atoms with E-state index in [0.29, 0.717) is 35.6 Å². The number of carbonyl (C=O) groups excluding carboxylic acids is 1. The van der Waals surface area contributed by atoms with Gasteiger partial charge in [0.2, 0.25) is 5.95 Å². The van der Waals surface area contributed by atoms with Crippen molar-refractivity contribution in [3.05, 3.63) is 36.2 Å². The standard InChI is InChI=1S/C18H23N7O2/c1-18(2,3)27-16(26)11-4-6-12(7-5-11)20-8-9-21-14-13-15(23-10-22-13)25-17(19)24-14/h4-7,10,20H,8-9H2,1-3H3,(H4,19,21,22,23,24,25). The molecule has 142 valence electrons. The average molecular weight is 369 g/mol. The molecule has 2 heterocycles. The molecule has 2 aromatic heterocycles. The third-order valence-corrected chi connectivity index (χ3v) is 3.57. The molecule has 3 rings (SSSR count). The lowest BCUT2D eigenvalue weighted by Gasteiger charge is -2.19. The molecule has 0 spiro atoms. The van der Waals surface area contributed by atoms with E-state index in [1.807, 2.05) is 32.9 Å². The predicted octanol–water partition coefficient (Wildman–Crippen LogP) is 2.41. The molecular weight excluding hydrogens is 346 g/mol. The van der Waals surface area contributed by atoms with Crippen molar-refractivity contribution >= 4 is 34.6 Å². The predicted molar refractivity (Wildman–Crippen MR) is 105 cm³/mol. The number of benzene rings is 1. The molecule has 0 saturated carbocycles. The number of carbonyl (C=O) groups is 1. The summed E-state index contributed by atoms with van der Waals surface area (Å²) in [4.78, 5) is 27.3. The van der Waals surface area contributed by atoms with E-state index in [1.165, 1.54) is 0 Å². The molecule has 3 aromatic rings. The Bertz CT molecular complexity index is 929. The van der Waals surface area contributed by atoms with Crippen molar-refractivity contribution in [2.24, 2.45) is 0 Å². The fourth-order valence-electron chi connectivity index (χ4n) is 2.43. The zero-order valence-electron chi connectivity index (χ0n) is 15.5. The summed E-state index contributed by atoms with van der Waals surface area (Å²) in [5.74, 6) is 0.445. The van der Waals surface area contributed by atoms with Crippen LogP contribution in [0.4, 0.5) is 17.5 Å². The number of nitrogen functional groups attached to an aromatic ring is 1. The maximum absolute atomic E-state index is 12.0. The molecule has 0 bridgehead atoms. The minimum absolute atomic E-state index is 0.169. The second kappa shape index (κ2) is 7.48. The lowest BCUT2D eigenvalue weighted by molar-refractivity contribution is 0.00696. The van der Waals surface area contributed by atoms with E-state index in [9.17, 15) is 4.79 Å². The third-order valence-electron chi connectivity index (χ3n) is 3.57. The molecule has 0 unspecified atom stereocenters. The van der Waals surface area contributed by atoms with Crippen molar-refractivity contribution in [3.8, 4) is 0 Å². The number of hydrogen-bond acceptors (Lipinski definition) is 8. The van der Waals surface area contributed by atoms with E-state index in [2.05, 4.69) is 30.6 Å². The summed E-state index contributed by atoms with van der Waals surface area (Å²) < 4.78 is 5.35. The van der Waals surface area contributed by atoms with Crippen LogP contribution in [0.3, 0.4) is 0 Å². The molecule has 0 amide bonds. The van der Waals surface area contributed by atoms with Gasteiger partial charge in [-0.3, -0.25) is 0 Å². The lowest BCUT2D eigenvalue weighted by atomic mass is 10.1. The number of aromatic nitrogens is 4. The Morgan fingerprint density at radius 3 is 2.56 bits per heavy atom. The van der Waals surface area contributed by atoms with Crippen LogP contribution in [-0.2, 0) is 4.74 Å². The number of nitrogens with one attached hydrogen (secondary N) is 3. The van der Waals surface area contributed by atoms with E-state index in [-0.39, 0.29) is 11.9 Å². The molecule has 0 atom stereocenters. The molecule has 0 aliphatic carbocycles. The fourth-order valence-corrected chi connectivity index (χ4v) is 2.43. The van der Waals surface area contributed by atoms with Gasteiger partial charge >= 0.3 is 5.97 Å². The Morgan fingerprint density at radius 2 is 1.85 bits per heavy atom. The van der Waals surface area contributed by atoms with E-state index in [4.69, 9.17) is 10.5 Å². The Balaban J connectivity index is 1.52. The monoisotopic (exact) mass is 369 g/mol. The van der Waals surface area contributed by atoms with E-state index in [0.717, 1.165) is 5.69 Å². The van der Waals surface area contributed by atoms with Crippen LogP contribution in [0.1, 0.15) is 31.1 Å². The van der Waals surface area contributed by atoms with Gasteiger partial charge in [-0.2, -0.15) is 9.97 Å². The van der Waals surface area contributed by atoms with Crippen molar-refractivity contribution < 1.29 is 9.53 Å². The van der Waals surface area contributed by atoms with Gasteiger partial charge in [0.15, 0.2) is 11.5 Å². The van der Waals surface area contributed by atoms with Crippen LogP contribution in [0.5, 0.6) is 0 Å². The van der Waals surface area contributed by atoms with Crippen LogP contribution in [-0.4, -0.2) is 44.6 Å². The Hall–Kier alpha value is -3.36. The van der Waals surface area contributed by atoms with E-state index in [1.54, 1.807) is 18.5 Å². The molecule has 0 aliphatic rings. The summed E-state index contributed by atoms with van der Waals surface area (Å²) in [6, 6.07) is 7.16. The van der Waals surface area contributed by atoms with Crippen molar-refractivity contribution in [1.82, 2.24) is 19.9 Å². The molecule has 5 N–H and O–H groups in total. The van der Waals surface area contributed by atoms with Crippen molar-refractivity contribution in [3.63, 3.8) is 0 Å². The van der Waals surface area contributed by atoms with Crippen LogP contribution in [0.25, 0.3) is 11.2 Å². The van der Waals surface area contributed by atoms with Gasteiger partial charge in [-0.15, -0.1) is 0 Å². The highest BCUT2D eigenvalue weighted by Crippen LogP contribution is 2.17. The summed E-state index contributed by atoms with van der Waals surface area (Å²) in [7, 11) is 0. The number of hydrogen-bond donors (Lipinski definition) is 4. The quantitative estimate of drug-likeness (QED) is 0.385. The summed E-state index contributed by atoms with van der Waals surface area (Å²) in [5.41, 5.74) is 7.84. The maximum atomic E-state index is 12.0. The lowest BCUT2D eigenvalue weighted by Crippen LogP contribution is -2.23. The normalized spacial score (nSPS) is 11.4. The first-order valence-corrected chi connectivity index (χ1v) is 8.59. The largest absolute Gasteiger partial charge is 0.456 e. The minimum Gasteiger partial charge on any atom is -0.456 e. The number of nitrogens with two attached hydrogens (primary N) is 1. The zero-order chi connectivity index (χ0) is 19.4. The van der Waals surface area contributed by atoms with Gasteiger partial charge in [-0.05, 0) is 45.0 Å². The van der Waals surface area contributed by atoms with Gasteiger partial charge in [0, 0.05) is 18.8 Å². The summed E-state index contributed by atoms with van der Waals surface area (Å²) in [5, 5.41) is 6.47. The van der Waals surface area contributed by atoms with E-state index < -0.39 is 5.60 Å². The zero-order valence-corrected chi connectivity index (χ0v) is 15.5. The number of aromatic amines is 1. The Morgan fingerprint density at radius 1 is 1.15 bits per heavy atom. The molecule has 0 aliphatic heterocycles. The highest BCUT2D eigenvalue weighted by molar-refractivity contribution is 5.90. The van der Waals surface area contributed by atoms with Crippen LogP contribution in [0.15, 0.2) is 30.6 Å². The van der Waals surface area contributed by atoms with Crippen LogP contribution in [0, 0.1) is 0 Å². The number of fused-ring (bicyclic) bond motifs is 1. The summed E-state index contributed by atoms with van der Waals surface area (Å²) in [6.45, 7) is 6.78.